The minimum Gasteiger partial charge on any atom is -0.481 e. The molecule has 6 atom stereocenters. The highest BCUT2D eigenvalue weighted by molar-refractivity contribution is 5.96. The Hall–Kier alpha value is -6.15. The Morgan fingerprint density at radius 3 is 1.27 bits per heavy atom. The molecule has 0 radical (unpaired) electrons. The van der Waals surface area contributed by atoms with Crippen LogP contribution in [0.15, 0.2) is 0 Å². The number of rotatable bonds is 53. The highest BCUT2D eigenvalue weighted by Gasteiger charge is 2.32. The van der Waals surface area contributed by atoms with Gasteiger partial charge in [0.25, 0.3) is 0 Å². The van der Waals surface area contributed by atoms with Crippen molar-refractivity contribution >= 4 is 65.2 Å². The molecule has 17 N–H and O–H groups in total. The quantitative estimate of drug-likeness (QED) is 0.0259. The SMILES string of the molecule is CN[C@@H](CO)C(=O)N[C@@H](CO)C(=O)N[C@@H](CCCCN(CC(=O)O)CC(=O)O)C(=O)N[C@@H](CO)C(=O)N[C@@H](CO)C(=O)N[C@@H](CCCCNC(=O)COCCOCCNC(=O)CCCCCCCCCCCCCCC(=O)O)C(N)=O. The first-order chi connectivity index (χ1) is 38.7. The Balaban J connectivity index is 4.85. The lowest BCUT2D eigenvalue weighted by Crippen LogP contribution is -2.61. The van der Waals surface area contributed by atoms with E-state index in [-0.39, 0.29) is 83.9 Å². The lowest BCUT2D eigenvalue weighted by molar-refractivity contribution is -0.142. The van der Waals surface area contributed by atoms with Crippen LogP contribution in [0.5, 0.6) is 0 Å². The number of hydrogen-bond acceptors (Lipinski definition) is 19. The van der Waals surface area contributed by atoms with Crippen molar-refractivity contribution in [2.45, 2.75) is 165 Å². The Morgan fingerprint density at radius 2 is 0.815 bits per heavy atom. The largest absolute Gasteiger partial charge is 0.481 e. The van der Waals surface area contributed by atoms with E-state index in [0.29, 0.717) is 19.4 Å². The van der Waals surface area contributed by atoms with Crippen molar-refractivity contribution in [2.75, 3.05) is 92.6 Å². The number of carbonyl (C=O) groups is 11. The third-order valence-electron chi connectivity index (χ3n) is 12.5. The lowest BCUT2D eigenvalue weighted by Gasteiger charge is -2.26. The lowest BCUT2D eigenvalue weighted by atomic mass is 10.0. The second kappa shape index (κ2) is 47.5. The second-order valence-corrected chi connectivity index (χ2v) is 19.3. The summed E-state index contributed by atoms with van der Waals surface area (Å²) in [5, 5.41) is 85.5. The van der Waals surface area contributed by atoms with Crippen molar-refractivity contribution in [3.05, 3.63) is 0 Å². The van der Waals surface area contributed by atoms with Crippen LogP contribution in [0.4, 0.5) is 0 Å². The highest BCUT2D eigenvalue weighted by atomic mass is 16.5. The molecule has 466 valence electrons. The van der Waals surface area contributed by atoms with Gasteiger partial charge in [0.1, 0.15) is 42.9 Å². The average Bonchev–Trinajstić information content (AvgIpc) is 3.41. The molecule has 0 unspecified atom stereocenters. The van der Waals surface area contributed by atoms with Gasteiger partial charge in [0, 0.05) is 25.9 Å². The van der Waals surface area contributed by atoms with Crippen LogP contribution in [-0.4, -0.2) is 235 Å². The minimum absolute atomic E-state index is 0.0153. The number of ether oxygens (including phenoxy) is 2. The van der Waals surface area contributed by atoms with Crippen molar-refractivity contribution in [3.63, 3.8) is 0 Å². The van der Waals surface area contributed by atoms with E-state index >= 15 is 0 Å². The first-order valence-corrected chi connectivity index (χ1v) is 27.7. The molecule has 0 fully saturated rings. The number of nitrogens with one attached hydrogen (secondary N) is 8. The summed E-state index contributed by atoms with van der Waals surface area (Å²) in [6.07, 6.45) is 13.9. The maximum Gasteiger partial charge on any atom is 0.317 e. The predicted octanol–water partition coefficient (Wildman–Crippen LogP) is -3.92. The van der Waals surface area contributed by atoms with Gasteiger partial charge in [-0.3, -0.25) is 57.6 Å². The van der Waals surface area contributed by atoms with Crippen LogP contribution in [0.1, 0.15) is 128 Å². The van der Waals surface area contributed by atoms with E-state index in [1.165, 1.54) is 32.7 Å². The second-order valence-electron chi connectivity index (χ2n) is 19.3. The molecule has 8 amide bonds. The fourth-order valence-corrected chi connectivity index (χ4v) is 7.90. The van der Waals surface area contributed by atoms with Crippen LogP contribution in [0.25, 0.3) is 0 Å². The first kappa shape index (κ1) is 74.8. The number of carbonyl (C=O) groups excluding carboxylic acids is 8. The van der Waals surface area contributed by atoms with Gasteiger partial charge in [0.05, 0.1) is 59.3 Å². The summed E-state index contributed by atoms with van der Waals surface area (Å²) in [6.45, 7) is -4.22. The Morgan fingerprint density at radius 1 is 0.420 bits per heavy atom. The van der Waals surface area contributed by atoms with Gasteiger partial charge in [-0.1, -0.05) is 64.2 Å². The normalized spacial score (nSPS) is 13.4. The van der Waals surface area contributed by atoms with Crippen molar-refractivity contribution in [3.8, 4) is 0 Å². The van der Waals surface area contributed by atoms with Crippen molar-refractivity contribution in [2.24, 2.45) is 5.73 Å². The van der Waals surface area contributed by atoms with Crippen LogP contribution in [-0.2, 0) is 62.2 Å². The summed E-state index contributed by atoms with van der Waals surface area (Å²) in [5.41, 5.74) is 5.50. The molecule has 0 aromatic rings. The number of carboxylic acids is 3. The third kappa shape index (κ3) is 39.0. The smallest absolute Gasteiger partial charge is 0.317 e. The molecule has 30 nitrogen and oxygen atoms in total. The zero-order valence-corrected chi connectivity index (χ0v) is 46.8. The van der Waals surface area contributed by atoms with Gasteiger partial charge in [-0.05, 0) is 65.0 Å². The predicted molar refractivity (Wildman–Crippen MR) is 289 cm³/mol. The Bertz CT molecular complexity index is 1870. The molecule has 30 heteroatoms. The fourth-order valence-electron chi connectivity index (χ4n) is 7.90. The molecule has 0 saturated heterocycles. The summed E-state index contributed by atoms with van der Waals surface area (Å²) in [6, 6.07) is -9.27. The number of unbranched alkanes of at least 4 members (excludes halogenated alkanes) is 13. The molecule has 0 spiro atoms. The molecule has 0 aliphatic rings. The molecule has 0 bridgehead atoms. The van der Waals surface area contributed by atoms with Crippen LogP contribution in [0.3, 0.4) is 0 Å². The van der Waals surface area contributed by atoms with Gasteiger partial charge in [-0.15, -0.1) is 0 Å². The van der Waals surface area contributed by atoms with Gasteiger partial charge >= 0.3 is 17.9 Å². The molecule has 81 heavy (non-hydrogen) atoms. The average molecular weight is 1170 g/mol. The maximum atomic E-state index is 13.6. The molecule has 0 aromatic carbocycles. The van der Waals surface area contributed by atoms with Gasteiger partial charge in [0.15, 0.2) is 0 Å². The van der Waals surface area contributed by atoms with E-state index in [4.69, 9.17) is 30.5 Å². The van der Waals surface area contributed by atoms with E-state index in [1.54, 1.807) is 0 Å². The van der Waals surface area contributed by atoms with Crippen molar-refractivity contribution in [1.82, 2.24) is 47.4 Å². The number of carboxylic acid groups (broad SMARTS) is 3. The zero-order valence-electron chi connectivity index (χ0n) is 46.8. The van der Waals surface area contributed by atoms with Crippen LogP contribution >= 0.6 is 0 Å². The summed E-state index contributed by atoms with van der Waals surface area (Å²) >= 11 is 0. The maximum absolute atomic E-state index is 13.6. The van der Waals surface area contributed by atoms with Gasteiger partial charge < -0.3 is 93.5 Å². The number of hydrogen-bond donors (Lipinski definition) is 16. The van der Waals surface area contributed by atoms with E-state index in [0.717, 1.165) is 56.3 Å². The van der Waals surface area contributed by atoms with E-state index in [2.05, 4.69) is 42.5 Å². The number of amides is 8. The molecule has 0 heterocycles. The number of likely N-dealkylation sites (N-methyl/N-ethyl adjacent to an activating group) is 1. The van der Waals surface area contributed by atoms with Crippen molar-refractivity contribution in [1.29, 1.82) is 0 Å². The van der Waals surface area contributed by atoms with E-state index < -0.39 is 135 Å². The number of aliphatic hydroxyl groups excluding tert-OH is 4. The first-order valence-electron chi connectivity index (χ1n) is 27.7. The number of primary amides is 1. The Kier molecular flexibility index (Phi) is 43.9. The summed E-state index contributed by atoms with van der Waals surface area (Å²) in [7, 11) is 1.35. The van der Waals surface area contributed by atoms with E-state index in [1.807, 2.05) is 0 Å². The minimum atomic E-state index is -1.83. The van der Waals surface area contributed by atoms with Gasteiger partial charge in [0.2, 0.25) is 47.3 Å². The third-order valence-corrected chi connectivity index (χ3v) is 12.5. The molecule has 0 aliphatic heterocycles. The molecule has 0 aromatic heterocycles. The van der Waals surface area contributed by atoms with Gasteiger partial charge in [-0.2, -0.15) is 0 Å². The molecule has 0 aliphatic carbocycles. The molecular weight excluding hydrogens is 1070 g/mol. The molecule has 0 saturated carbocycles. The number of nitrogens with zero attached hydrogens (tertiary/aromatic N) is 1. The number of aliphatic hydroxyl groups is 4. The zero-order chi connectivity index (χ0) is 60.8. The highest BCUT2D eigenvalue weighted by Crippen LogP contribution is 2.13. The van der Waals surface area contributed by atoms with Crippen LogP contribution in [0, 0.1) is 0 Å². The molecule has 0 rings (SSSR count). The monoisotopic (exact) mass is 1160 g/mol. The summed E-state index contributed by atoms with van der Waals surface area (Å²) in [4.78, 5) is 136. The summed E-state index contributed by atoms with van der Waals surface area (Å²) in [5.74, 6) is -10.1. The van der Waals surface area contributed by atoms with Crippen LogP contribution < -0.4 is 48.3 Å². The standard InChI is InChI=1S/C51H92N10O20/c1-53-37(30-62)48(76)59-39(32-64)50(78)57-36(19-15-17-24-61(28-44(70)71)29-45(72)73)47(75)58-40(33-65)51(79)60-38(31-63)49(77)56-35(46(52)74)18-14-16-22-54-42(67)34-81-27-26-80-25-23-55-41(66)20-12-10-8-6-4-2-3-5-7-9-11-13-21-43(68)69/h35-40,53,62-65H,2-34H2,1H3,(H2,52,74)(H,54,67)(H,55,66)(H,56,77)(H,57,78)(H,58,75)(H,59,76)(H,60,79)(H,68,69)(H,70,71)(H,72,73)/t35-,36-,37-,38-,39-,40-/m0/s1. The topological polar surface area (TPSA) is 473 Å². The summed E-state index contributed by atoms with van der Waals surface area (Å²) < 4.78 is 10.8. The number of nitrogens with two attached hydrogens (primary N) is 1. The fraction of sp³-hybridized carbons (Fsp3) is 0.784. The van der Waals surface area contributed by atoms with Crippen LogP contribution in [0.2, 0.25) is 0 Å². The van der Waals surface area contributed by atoms with E-state index in [9.17, 15) is 73.2 Å². The number of aliphatic carboxylic acids is 3. The Labute approximate surface area is 472 Å². The van der Waals surface area contributed by atoms with Gasteiger partial charge in [-0.25, -0.2) is 0 Å². The van der Waals surface area contributed by atoms with Crippen molar-refractivity contribution < 1.29 is 98.0 Å². The molecular formula is C51H92N10O20.